The topological polar surface area (TPSA) is 30.8 Å². The van der Waals surface area contributed by atoms with Crippen molar-refractivity contribution in [1.82, 2.24) is 0 Å². The Balaban J connectivity index is 2.60. The highest BCUT2D eigenvalue weighted by Crippen LogP contribution is 2.19. The van der Waals surface area contributed by atoms with Crippen LogP contribution in [0.5, 0.6) is 0 Å². The van der Waals surface area contributed by atoms with Crippen LogP contribution in [0.3, 0.4) is 0 Å². The summed E-state index contributed by atoms with van der Waals surface area (Å²) >= 11 is 0. The summed E-state index contributed by atoms with van der Waals surface area (Å²) in [5.74, 6) is 1.50. The molecule has 3 heteroatoms. The van der Waals surface area contributed by atoms with Gasteiger partial charge in [0.15, 0.2) is 5.90 Å². The van der Waals surface area contributed by atoms with Gasteiger partial charge in [-0.2, -0.15) is 0 Å². The summed E-state index contributed by atoms with van der Waals surface area (Å²) in [6, 6.07) is 0. The van der Waals surface area contributed by atoms with Crippen LogP contribution in [0.25, 0.3) is 0 Å². The molecule has 0 bridgehead atoms. The standard InChI is InChI=1S/C9H15NO2/c1-7-8(6-11-2)4-5-10-9(7)12-3/h4-5,7-8H,6H2,1-3H3/t7-,8?/m0/s1. The lowest BCUT2D eigenvalue weighted by Crippen LogP contribution is -2.26. The SMILES string of the molecule is COCC1C=CN=C(OC)[C@H]1C. The van der Waals surface area contributed by atoms with E-state index in [1.807, 2.05) is 0 Å². The van der Waals surface area contributed by atoms with Crippen molar-refractivity contribution in [2.24, 2.45) is 16.8 Å². The van der Waals surface area contributed by atoms with E-state index in [2.05, 4.69) is 18.0 Å². The fourth-order valence-corrected chi connectivity index (χ4v) is 1.33. The maximum atomic E-state index is 5.12. The summed E-state index contributed by atoms with van der Waals surface area (Å²) in [4.78, 5) is 4.12. The monoisotopic (exact) mass is 169 g/mol. The molecule has 2 atom stereocenters. The minimum absolute atomic E-state index is 0.319. The van der Waals surface area contributed by atoms with Crippen molar-refractivity contribution < 1.29 is 9.47 Å². The van der Waals surface area contributed by atoms with E-state index in [0.29, 0.717) is 11.8 Å². The third-order valence-electron chi connectivity index (χ3n) is 2.14. The van der Waals surface area contributed by atoms with Crippen molar-refractivity contribution >= 4 is 5.90 Å². The molecule has 0 aromatic carbocycles. The van der Waals surface area contributed by atoms with Crippen molar-refractivity contribution in [3.8, 4) is 0 Å². The van der Waals surface area contributed by atoms with E-state index in [0.717, 1.165) is 12.5 Å². The molecule has 0 fully saturated rings. The molecular weight excluding hydrogens is 154 g/mol. The highest BCUT2D eigenvalue weighted by Gasteiger charge is 2.22. The Labute approximate surface area is 73.1 Å². The molecule has 0 aromatic rings. The van der Waals surface area contributed by atoms with Gasteiger partial charge in [-0.3, -0.25) is 0 Å². The average Bonchev–Trinajstić information content (AvgIpc) is 2.09. The molecule has 1 aliphatic heterocycles. The molecule has 0 aliphatic carbocycles. The maximum Gasteiger partial charge on any atom is 0.191 e. The second-order valence-corrected chi connectivity index (χ2v) is 2.92. The molecular formula is C9H15NO2. The molecule has 0 saturated carbocycles. The zero-order valence-corrected chi connectivity index (χ0v) is 7.78. The van der Waals surface area contributed by atoms with Crippen LogP contribution in [0, 0.1) is 11.8 Å². The minimum Gasteiger partial charge on any atom is -0.484 e. The van der Waals surface area contributed by atoms with Gasteiger partial charge in [-0.15, -0.1) is 0 Å². The molecule has 0 amide bonds. The van der Waals surface area contributed by atoms with Gasteiger partial charge >= 0.3 is 0 Å². The van der Waals surface area contributed by atoms with Gasteiger partial charge in [0.2, 0.25) is 0 Å². The van der Waals surface area contributed by atoms with Gasteiger partial charge in [-0.25, -0.2) is 4.99 Å². The lowest BCUT2D eigenvalue weighted by molar-refractivity contribution is 0.153. The van der Waals surface area contributed by atoms with E-state index in [4.69, 9.17) is 9.47 Å². The molecule has 1 rings (SSSR count). The van der Waals surface area contributed by atoms with Crippen molar-refractivity contribution in [2.45, 2.75) is 6.92 Å². The third-order valence-corrected chi connectivity index (χ3v) is 2.14. The van der Waals surface area contributed by atoms with Crippen LogP contribution in [0.15, 0.2) is 17.3 Å². The molecule has 3 nitrogen and oxygen atoms in total. The Kier molecular flexibility index (Phi) is 3.29. The van der Waals surface area contributed by atoms with Gasteiger partial charge in [0.25, 0.3) is 0 Å². The minimum atomic E-state index is 0.319. The van der Waals surface area contributed by atoms with Crippen molar-refractivity contribution in [3.63, 3.8) is 0 Å². The molecule has 1 heterocycles. The van der Waals surface area contributed by atoms with E-state index in [1.54, 1.807) is 20.4 Å². The summed E-state index contributed by atoms with van der Waals surface area (Å²) in [5, 5.41) is 0. The number of hydrogen-bond acceptors (Lipinski definition) is 3. The van der Waals surface area contributed by atoms with Crippen LogP contribution in [0.2, 0.25) is 0 Å². The van der Waals surface area contributed by atoms with Gasteiger partial charge < -0.3 is 9.47 Å². The first-order chi connectivity index (χ1) is 5.79. The third kappa shape index (κ3) is 1.85. The number of methoxy groups -OCH3 is 2. The number of nitrogens with zero attached hydrogens (tertiary/aromatic N) is 1. The fourth-order valence-electron chi connectivity index (χ4n) is 1.33. The Morgan fingerprint density at radius 1 is 1.50 bits per heavy atom. The molecule has 68 valence electrons. The van der Waals surface area contributed by atoms with E-state index in [9.17, 15) is 0 Å². The highest BCUT2D eigenvalue weighted by molar-refractivity contribution is 5.80. The van der Waals surface area contributed by atoms with Gasteiger partial charge in [0.1, 0.15) is 0 Å². The first-order valence-electron chi connectivity index (χ1n) is 4.07. The Hall–Kier alpha value is -0.830. The zero-order chi connectivity index (χ0) is 8.97. The number of rotatable bonds is 2. The highest BCUT2D eigenvalue weighted by atomic mass is 16.5. The molecule has 12 heavy (non-hydrogen) atoms. The molecule has 0 radical (unpaired) electrons. The normalized spacial score (nSPS) is 28.4. The summed E-state index contributed by atoms with van der Waals surface area (Å²) in [6.07, 6.45) is 3.83. The predicted octanol–water partition coefficient (Wildman–Crippen LogP) is 1.46. The average molecular weight is 169 g/mol. The van der Waals surface area contributed by atoms with Crippen LogP contribution >= 0.6 is 0 Å². The van der Waals surface area contributed by atoms with Crippen LogP contribution in [0.1, 0.15) is 6.92 Å². The predicted molar refractivity (Wildman–Crippen MR) is 48.1 cm³/mol. The largest absolute Gasteiger partial charge is 0.484 e. The Morgan fingerprint density at radius 3 is 2.83 bits per heavy atom. The Morgan fingerprint density at radius 2 is 2.25 bits per heavy atom. The van der Waals surface area contributed by atoms with Crippen LogP contribution < -0.4 is 0 Å². The van der Waals surface area contributed by atoms with Gasteiger partial charge in [-0.1, -0.05) is 13.0 Å². The molecule has 1 aliphatic rings. The van der Waals surface area contributed by atoms with Crippen molar-refractivity contribution in [2.75, 3.05) is 20.8 Å². The molecule has 0 saturated heterocycles. The summed E-state index contributed by atoms with van der Waals surface area (Å²) in [5.41, 5.74) is 0. The van der Waals surface area contributed by atoms with E-state index in [1.165, 1.54) is 0 Å². The lowest BCUT2D eigenvalue weighted by Gasteiger charge is -2.23. The summed E-state index contributed by atoms with van der Waals surface area (Å²) in [6.45, 7) is 2.82. The molecule has 0 N–H and O–H groups in total. The van der Waals surface area contributed by atoms with Crippen LogP contribution in [-0.2, 0) is 9.47 Å². The maximum absolute atomic E-state index is 5.12. The van der Waals surface area contributed by atoms with Gasteiger partial charge in [0.05, 0.1) is 13.7 Å². The quantitative estimate of drug-likeness (QED) is 0.626. The van der Waals surface area contributed by atoms with Crippen molar-refractivity contribution in [3.05, 3.63) is 12.3 Å². The second kappa shape index (κ2) is 4.26. The molecule has 0 aromatic heterocycles. The number of ether oxygens (including phenoxy) is 2. The number of hydrogen-bond donors (Lipinski definition) is 0. The molecule has 0 spiro atoms. The van der Waals surface area contributed by atoms with Gasteiger partial charge in [-0.05, 0) is 0 Å². The van der Waals surface area contributed by atoms with E-state index < -0.39 is 0 Å². The van der Waals surface area contributed by atoms with Crippen LogP contribution in [0.4, 0.5) is 0 Å². The zero-order valence-electron chi connectivity index (χ0n) is 7.78. The van der Waals surface area contributed by atoms with E-state index in [-0.39, 0.29) is 0 Å². The van der Waals surface area contributed by atoms with Gasteiger partial charge in [0, 0.05) is 25.1 Å². The fraction of sp³-hybridized carbons (Fsp3) is 0.667. The lowest BCUT2D eigenvalue weighted by atomic mass is 9.93. The van der Waals surface area contributed by atoms with Crippen LogP contribution in [-0.4, -0.2) is 26.7 Å². The summed E-state index contributed by atoms with van der Waals surface area (Å²) < 4.78 is 10.2. The van der Waals surface area contributed by atoms with E-state index >= 15 is 0 Å². The molecule has 1 unspecified atom stereocenters. The first kappa shape index (κ1) is 9.26. The summed E-state index contributed by atoms with van der Waals surface area (Å²) in [7, 11) is 3.36. The first-order valence-corrected chi connectivity index (χ1v) is 4.07. The second-order valence-electron chi connectivity index (χ2n) is 2.92. The van der Waals surface area contributed by atoms with Crippen molar-refractivity contribution in [1.29, 1.82) is 0 Å². The smallest absolute Gasteiger partial charge is 0.191 e. The number of aliphatic imine (C=N–C) groups is 1. The Bertz CT molecular complexity index is 199.